The summed E-state index contributed by atoms with van der Waals surface area (Å²) in [6.07, 6.45) is 5.06. The third-order valence-electron chi connectivity index (χ3n) is 2.59. The number of ether oxygens (including phenoxy) is 3. The van der Waals surface area contributed by atoms with Gasteiger partial charge in [0.2, 0.25) is 0 Å². The van der Waals surface area contributed by atoms with E-state index < -0.39 is 6.10 Å². The molecule has 1 atom stereocenters. The highest BCUT2D eigenvalue weighted by Gasteiger charge is 2.32. The predicted molar refractivity (Wildman–Crippen MR) is 65.5 cm³/mol. The Bertz CT molecular complexity index is 487. The zero-order chi connectivity index (χ0) is 13.0. The van der Waals surface area contributed by atoms with Gasteiger partial charge in [0.25, 0.3) is 0 Å². The number of terminal acetylenes is 1. The van der Waals surface area contributed by atoms with Crippen molar-refractivity contribution >= 4 is 5.97 Å². The highest BCUT2D eigenvalue weighted by atomic mass is 16.6. The standard InChI is InChI=1S/C14H14O4/c1-3-8-17-11-7-5-6-10-9-12(18-13(10)11)14(15)16-4-2/h1,5-7,12H,4,8-9H2,2H3. The van der Waals surface area contributed by atoms with E-state index in [1.165, 1.54) is 0 Å². The summed E-state index contributed by atoms with van der Waals surface area (Å²) in [7, 11) is 0. The molecule has 4 heteroatoms. The monoisotopic (exact) mass is 246 g/mol. The first-order chi connectivity index (χ1) is 8.76. The van der Waals surface area contributed by atoms with E-state index in [2.05, 4.69) is 5.92 Å². The molecule has 0 N–H and O–H groups in total. The van der Waals surface area contributed by atoms with Crippen molar-refractivity contribution in [1.29, 1.82) is 0 Å². The lowest BCUT2D eigenvalue weighted by atomic mass is 10.1. The van der Waals surface area contributed by atoms with Crippen LogP contribution in [0.5, 0.6) is 11.5 Å². The van der Waals surface area contributed by atoms with E-state index in [0.29, 0.717) is 24.5 Å². The minimum Gasteiger partial charge on any atom is -0.477 e. The second-order valence-corrected chi connectivity index (χ2v) is 3.80. The molecule has 1 aliphatic heterocycles. The second-order valence-electron chi connectivity index (χ2n) is 3.80. The lowest BCUT2D eigenvalue weighted by Gasteiger charge is -2.11. The topological polar surface area (TPSA) is 44.8 Å². The first-order valence-corrected chi connectivity index (χ1v) is 5.77. The molecule has 94 valence electrons. The van der Waals surface area contributed by atoms with E-state index in [-0.39, 0.29) is 12.6 Å². The highest BCUT2D eigenvalue weighted by Crippen LogP contribution is 2.38. The van der Waals surface area contributed by atoms with E-state index in [9.17, 15) is 4.79 Å². The Morgan fingerprint density at radius 1 is 1.61 bits per heavy atom. The van der Waals surface area contributed by atoms with Crippen LogP contribution in [0.15, 0.2) is 18.2 Å². The first kappa shape index (κ1) is 12.3. The summed E-state index contributed by atoms with van der Waals surface area (Å²) in [5.41, 5.74) is 0.933. The quantitative estimate of drug-likeness (QED) is 0.597. The average molecular weight is 246 g/mol. The van der Waals surface area contributed by atoms with Gasteiger partial charge in [-0.3, -0.25) is 0 Å². The van der Waals surface area contributed by atoms with E-state index >= 15 is 0 Å². The van der Waals surface area contributed by atoms with Gasteiger partial charge in [0.05, 0.1) is 6.61 Å². The third-order valence-corrected chi connectivity index (χ3v) is 2.59. The van der Waals surface area contributed by atoms with Gasteiger partial charge in [-0.15, -0.1) is 6.42 Å². The summed E-state index contributed by atoms with van der Waals surface area (Å²) >= 11 is 0. The van der Waals surface area contributed by atoms with Crippen LogP contribution in [-0.4, -0.2) is 25.3 Å². The number of esters is 1. The summed E-state index contributed by atoms with van der Waals surface area (Å²) in [6, 6.07) is 5.52. The first-order valence-electron chi connectivity index (χ1n) is 5.77. The zero-order valence-corrected chi connectivity index (χ0v) is 10.1. The Kier molecular flexibility index (Phi) is 3.73. The van der Waals surface area contributed by atoms with Gasteiger partial charge in [0.15, 0.2) is 17.6 Å². The number of hydrogen-bond donors (Lipinski definition) is 0. The average Bonchev–Trinajstić information content (AvgIpc) is 2.81. The Morgan fingerprint density at radius 2 is 2.44 bits per heavy atom. The van der Waals surface area contributed by atoms with Gasteiger partial charge in [-0.2, -0.15) is 0 Å². The number of hydrogen-bond acceptors (Lipinski definition) is 4. The Balaban J connectivity index is 2.14. The molecule has 0 amide bonds. The van der Waals surface area contributed by atoms with Gasteiger partial charge < -0.3 is 14.2 Å². The third kappa shape index (κ3) is 2.40. The van der Waals surface area contributed by atoms with Gasteiger partial charge in [-0.25, -0.2) is 4.79 Å². The Hall–Kier alpha value is -2.15. The molecular weight excluding hydrogens is 232 g/mol. The van der Waals surface area contributed by atoms with Crippen LogP contribution < -0.4 is 9.47 Å². The molecule has 1 aromatic carbocycles. The van der Waals surface area contributed by atoms with Crippen LogP contribution in [-0.2, 0) is 16.0 Å². The van der Waals surface area contributed by atoms with Gasteiger partial charge >= 0.3 is 5.97 Å². The van der Waals surface area contributed by atoms with Crippen LogP contribution in [0.4, 0.5) is 0 Å². The number of rotatable bonds is 4. The van der Waals surface area contributed by atoms with Crippen molar-refractivity contribution in [3.63, 3.8) is 0 Å². The van der Waals surface area contributed by atoms with Gasteiger partial charge in [-0.05, 0) is 13.0 Å². The molecule has 0 saturated heterocycles. The van der Waals surface area contributed by atoms with E-state index in [1.807, 2.05) is 12.1 Å². The maximum atomic E-state index is 11.6. The number of benzene rings is 1. The molecule has 0 radical (unpaired) electrons. The normalized spacial score (nSPS) is 16.3. The van der Waals surface area contributed by atoms with E-state index in [4.69, 9.17) is 20.6 Å². The largest absolute Gasteiger partial charge is 0.477 e. The minimum atomic E-state index is -0.587. The van der Waals surface area contributed by atoms with Crippen molar-refractivity contribution < 1.29 is 19.0 Å². The molecule has 0 bridgehead atoms. The fraction of sp³-hybridized carbons (Fsp3) is 0.357. The smallest absolute Gasteiger partial charge is 0.347 e. The zero-order valence-electron chi connectivity index (χ0n) is 10.1. The molecular formula is C14H14O4. The fourth-order valence-electron chi connectivity index (χ4n) is 1.84. The SMILES string of the molecule is C#CCOc1cccc2c1OC(C(=O)OCC)C2. The molecule has 0 aliphatic carbocycles. The van der Waals surface area contributed by atoms with Crippen molar-refractivity contribution in [3.8, 4) is 23.8 Å². The summed E-state index contributed by atoms with van der Waals surface area (Å²) in [6.45, 7) is 2.28. The number of carbonyl (C=O) groups is 1. The lowest BCUT2D eigenvalue weighted by molar-refractivity contribution is -0.150. The van der Waals surface area contributed by atoms with Crippen molar-refractivity contribution in [2.75, 3.05) is 13.2 Å². The molecule has 0 fully saturated rings. The molecule has 2 rings (SSSR count). The van der Waals surface area contributed by atoms with Crippen LogP contribution in [0.3, 0.4) is 0 Å². The molecule has 1 aromatic rings. The molecule has 0 saturated carbocycles. The fourth-order valence-corrected chi connectivity index (χ4v) is 1.84. The maximum absolute atomic E-state index is 11.6. The van der Waals surface area contributed by atoms with Crippen molar-refractivity contribution in [1.82, 2.24) is 0 Å². The molecule has 1 aliphatic rings. The summed E-state index contributed by atoms with van der Waals surface area (Å²) in [5, 5.41) is 0. The van der Waals surface area contributed by atoms with Crippen LogP contribution in [0.25, 0.3) is 0 Å². The molecule has 0 spiro atoms. The Labute approximate surface area is 106 Å². The van der Waals surface area contributed by atoms with E-state index in [0.717, 1.165) is 5.56 Å². The summed E-state index contributed by atoms with van der Waals surface area (Å²) < 4.78 is 15.9. The number of para-hydroxylation sites is 1. The minimum absolute atomic E-state index is 0.171. The van der Waals surface area contributed by atoms with Crippen LogP contribution in [0.2, 0.25) is 0 Å². The second kappa shape index (κ2) is 5.46. The molecule has 18 heavy (non-hydrogen) atoms. The van der Waals surface area contributed by atoms with E-state index in [1.54, 1.807) is 13.0 Å². The predicted octanol–water partition coefficient (Wildman–Crippen LogP) is 1.57. The summed E-state index contributed by atoms with van der Waals surface area (Å²) in [4.78, 5) is 11.6. The number of carbonyl (C=O) groups excluding carboxylic acids is 1. The highest BCUT2D eigenvalue weighted by molar-refractivity contribution is 5.77. The number of fused-ring (bicyclic) bond motifs is 1. The molecule has 1 unspecified atom stereocenters. The van der Waals surface area contributed by atoms with Crippen molar-refractivity contribution in [2.24, 2.45) is 0 Å². The van der Waals surface area contributed by atoms with Gasteiger partial charge in [0, 0.05) is 12.0 Å². The van der Waals surface area contributed by atoms with Gasteiger partial charge in [-0.1, -0.05) is 18.1 Å². The van der Waals surface area contributed by atoms with Crippen LogP contribution in [0, 0.1) is 12.3 Å². The Morgan fingerprint density at radius 3 is 3.17 bits per heavy atom. The maximum Gasteiger partial charge on any atom is 0.347 e. The van der Waals surface area contributed by atoms with Gasteiger partial charge in [0.1, 0.15) is 6.61 Å². The van der Waals surface area contributed by atoms with Crippen LogP contribution in [0.1, 0.15) is 12.5 Å². The van der Waals surface area contributed by atoms with Crippen molar-refractivity contribution in [3.05, 3.63) is 23.8 Å². The molecule has 4 nitrogen and oxygen atoms in total. The molecule has 1 heterocycles. The lowest BCUT2D eigenvalue weighted by Crippen LogP contribution is -2.27. The summed E-state index contributed by atoms with van der Waals surface area (Å²) in [5.74, 6) is 3.20. The van der Waals surface area contributed by atoms with Crippen LogP contribution >= 0.6 is 0 Å². The molecule has 0 aromatic heterocycles. The van der Waals surface area contributed by atoms with Crippen molar-refractivity contribution in [2.45, 2.75) is 19.4 Å².